The van der Waals surface area contributed by atoms with Crippen LogP contribution in [0.5, 0.6) is 5.75 Å². The van der Waals surface area contributed by atoms with Crippen molar-refractivity contribution in [3.8, 4) is 11.4 Å². The Morgan fingerprint density at radius 2 is 1.86 bits per heavy atom. The molecule has 0 radical (unpaired) electrons. The van der Waals surface area contributed by atoms with Gasteiger partial charge in [-0.25, -0.2) is 4.68 Å². The zero-order valence-electron chi connectivity index (χ0n) is 16.5. The molecule has 0 fully saturated rings. The second-order valence-corrected chi connectivity index (χ2v) is 6.67. The molecule has 3 aromatic rings. The number of hydrogen-bond donors (Lipinski definition) is 2. The first-order valence-electron chi connectivity index (χ1n) is 9.18. The number of anilines is 1. The van der Waals surface area contributed by atoms with Crippen LogP contribution in [0.3, 0.4) is 0 Å². The Labute approximate surface area is 174 Å². The molecule has 0 atom stereocenters. The van der Waals surface area contributed by atoms with Gasteiger partial charge in [0.25, 0.3) is 5.56 Å². The van der Waals surface area contributed by atoms with Crippen LogP contribution in [0.2, 0.25) is 0 Å². The Kier molecular flexibility index (Phi) is 6.46. The van der Waals surface area contributed by atoms with Crippen LogP contribution in [0.1, 0.15) is 18.2 Å². The van der Waals surface area contributed by atoms with E-state index in [1.54, 1.807) is 15.6 Å². The molecule has 1 aromatic heterocycles. The summed E-state index contributed by atoms with van der Waals surface area (Å²) in [5.74, 6) is 0.809. The van der Waals surface area contributed by atoms with Crippen LogP contribution in [0, 0.1) is 6.92 Å². The van der Waals surface area contributed by atoms with Crippen molar-refractivity contribution < 1.29 is 4.74 Å². The van der Waals surface area contributed by atoms with Crippen LogP contribution in [0.4, 0.5) is 5.69 Å². The molecule has 29 heavy (non-hydrogen) atoms. The minimum atomic E-state index is -0.184. The lowest BCUT2D eigenvalue weighted by Crippen LogP contribution is -2.28. The predicted octanol–water partition coefficient (Wildman–Crippen LogP) is 3.20. The first-order chi connectivity index (χ1) is 14.0. The summed E-state index contributed by atoms with van der Waals surface area (Å²) < 4.78 is 8.78. The molecule has 1 heterocycles. The Hall–Kier alpha value is -3.39. The Morgan fingerprint density at radius 1 is 1.17 bits per heavy atom. The molecule has 0 aliphatic rings. The third-order valence-corrected chi connectivity index (χ3v) is 4.56. The Morgan fingerprint density at radius 3 is 2.52 bits per heavy atom. The van der Waals surface area contributed by atoms with E-state index in [9.17, 15) is 4.79 Å². The highest BCUT2D eigenvalue weighted by Crippen LogP contribution is 2.14. The largest absolute Gasteiger partial charge is 0.494 e. The van der Waals surface area contributed by atoms with Gasteiger partial charge in [-0.2, -0.15) is 5.10 Å². The number of para-hydroxylation sites is 1. The predicted molar refractivity (Wildman–Crippen MR) is 120 cm³/mol. The number of aromatic nitrogens is 2. The maximum Gasteiger partial charge on any atom is 0.295 e. The topological polar surface area (TPSA) is 72.6 Å². The summed E-state index contributed by atoms with van der Waals surface area (Å²) in [6, 6.07) is 17.0. The van der Waals surface area contributed by atoms with Crippen molar-refractivity contribution in [2.45, 2.75) is 13.8 Å². The number of hydrogen-bond acceptors (Lipinski definition) is 4. The maximum absolute atomic E-state index is 12.9. The van der Waals surface area contributed by atoms with E-state index in [4.69, 9.17) is 17.0 Å². The standard InChI is InChI=1S/C21H23N5O2S/c1-4-28-18-12-10-16(11-13-18)14-22-24-21(29)23-19-15(2)25(3)26(20(19)27)17-8-6-5-7-9-17/h5-14H,4H2,1-3H3,(H2,23,24,29)/b22-14-. The summed E-state index contributed by atoms with van der Waals surface area (Å²) in [5.41, 5.74) is 5.40. The number of thiocarbonyl (C=S) groups is 1. The molecule has 8 heteroatoms. The third-order valence-electron chi connectivity index (χ3n) is 4.36. The van der Waals surface area contributed by atoms with E-state index >= 15 is 0 Å². The quantitative estimate of drug-likeness (QED) is 0.372. The highest BCUT2D eigenvalue weighted by atomic mass is 32.1. The number of benzene rings is 2. The molecule has 3 rings (SSSR count). The van der Waals surface area contributed by atoms with Crippen molar-refractivity contribution in [1.29, 1.82) is 0 Å². The van der Waals surface area contributed by atoms with E-state index in [-0.39, 0.29) is 10.7 Å². The van der Waals surface area contributed by atoms with Gasteiger partial charge in [-0.3, -0.25) is 14.9 Å². The summed E-state index contributed by atoms with van der Waals surface area (Å²) in [5, 5.41) is 7.31. The fraction of sp³-hybridized carbons (Fsp3) is 0.190. The summed E-state index contributed by atoms with van der Waals surface area (Å²) in [6.45, 7) is 4.42. The minimum Gasteiger partial charge on any atom is -0.494 e. The highest BCUT2D eigenvalue weighted by Gasteiger charge is 2.16. The molecule has 2 aromatic carbocycles. The molecule has 0 unspecified atom stereocenters. The Balaban J connectivity index is 1.69. The molecule has 0 aliphatic heterocycles. The van der Waals surface area contributed by atoms with Crippen molar-refractivity contribution in [3.05, 3.63) is 76.2 Å². The first kappa shape index (κ1) is 20.3. The van der Waals surface area contributed by atoms with Gasteiger partial charge in [0, 0.05) is 7.05 Å². The second kappa shape index (κ2) is 9.20. The molecule has 2 N–H and O–H groups in total. The monoisotopic (exact) mass is 409 g/mol. The van der Waals surface area contributed by atoms with Gasteiger partial charge in [-0.15, -0.1) is 0 Å². The van der Waals surface area contributed by atoms with Crippen molar-refractivity contribution >= 4 is 29.2 Å². The SMILES string of the molecule is CCOc1ccc(/C=N\NC(=S)Nc2c(C)n(C)n(-c3ccccc3)c2=O)cc1. The maximum atomic E-state index is 12.9. The lowest BCUT2D eigenvalue weighted by molar-refractivity contribution is 0.340. The fourth-order valence-electron chi connectivity index (χ4n) is 2.84. The smallest absolute Gasteiger partial charge is 0.295 e. The lowest BCUT2D eigenvalue weighted by Gasteiger charge is -2.07. The zero-order valence-corrected chi connectivity index (χ0v) is 17.4. The van der Waals surface area contributed by atoms with Gasteiger partial charge < -0.3 is 10.1 Å². The van der Waals surface area contributed by atoms with Crippen LogP contribution in [0.15, 0.2) is 64.5 Å². The van der Waals surface area contributed by atoms with Gasteiger partial charge in [-0.05, 0) is 68.0 Å². The third kappa shape index (κ3) is 4.72. The van der Waals surface area contributed by atoms with Crippen LogP contribution in [-0.2, 0) is 7.05 Å². The molecule has 0 spiro atoms. The summed E-state index contributed by atoms with van der Waals surface area (Å²) in [7, 11) is 1.83. The molecule has 7 nitrogen and oxygen atoms in total. The van der Waals surface area contributed by atoms with E-state index < -0.39 is 0 Å². The molecule has 150 valence electrons. The zero-order chi connectivity index (χ0) is 20.8. The second-order valence-electron chi connectivity index (χ2n) is 6.26. The van der Waals surface area contributed by atoms with Crippen molar-refractivity contribution in [2.75, 3.05) is 11.9 Å². The van der Waals surface area contributed by atoms with E-state index in [0.717, 1.165) is 22.7 Å². The van der Waals surface area contributed by atoms with Gasteiger partial charge in [0.1, 0.15) is 11.4 Å². The summed E-state index contributed by atoms with van der Waals surface area (Å²) in [4.78, 5) is 12.9. The average Bonchev–Trinajstić information content (AvgIpc) is 2.93. The summed E-state index contributed by atoms with van der Waals surface area (Å²) in [6.07, 6.45) is 1.64. The number of nitrogens with one attached hydrogen (secondary N) is 2. The molecule has 0 amide bonds. The molecule has 0 aliphatic carbocycles. The molecular weight excluding hydrogens is 386 g/mol. The van der Waals surface area contributed by atoms with E-state index in [0.29, 0.717) is 12.3 Å². The van der Waals surface area contributed by atoms with Crippen LogP contribution in [-0.4, -0.2) is 27.3 Å². The van der Waals surface area contributed by atoms with E-state index in [1.165, 1.54) is 0 Å². The van der Waals surface area contributed by atoms with Crippen LogP contribution >= 0.6 is 12.2 Å². The lowest BCUT2D eigenvalue weighted by atomic mass is 10.2. The highest BCUT2D eigenvalue weighted by molar-refractivity contribution is 7.80. The Bertz CT molecular complexity index is 1070. The number of rotatable bonds is 6. The molecular formula is C21H23N5O2S. The van der Waals surface area contributed by atoms with Gasteiger partial charge in [0.2, 0.25) is 0 Å². The molecule has 0 saturated heterocycles. The molecule has 0 saturated carbocycles. The van der Waals surface area contributed by atoms with Crippen molar-refractivity contribution in [1.82, 2.24) is 14.8 Å². The minimum absolute atomic E-state index is 0.184. The van der Waals surface area contributed by atoms with E-state index in [2.05, 4.69) is 15.8 Å². The summed E-state index contributed by atoms with van der Waals surface area (Å²) >= 11 is 5.28. The van der Waals surface area contributed by atoms with Crippen molar-refractivity contribution in [2.24, 2.45) is 12.1 Å². The normalized spacial score (nSPS) is 10.9. The number of nitrogens with zero attached hydrogens (tertiary/aromatic N) is 3. The van der Waals surface area contributed by atoms with Crippen LogP contribution < -0.4 is 21.0 Å². The van der Waals surface area contributed by atoms with Gasteiger partial charge >= 0.3 is 0 Å². The van der Waals surface area contributed by atoms with Crippen molar-refractivity contribution in [3.63, 3.8) is 0 Å². The van der Waals surface area contributed by atoms with Crippen LogP contribution in [0.25, 0.3) is 5.69 Å². The number of hydrazone groups is 1. The van der Waals surface area contributed by atoms with E-state index in [1.807, 2.05) is 75.5 Å². The van der Waals surface area contributed by atoms with Gasteiger partial charge in [-0.1, -0.05) is 18.2 Å². The van der Waals surface area contributed by atoms with Gasteiger partial charge in [0.05, 0.1) is 24.2 Å². The molecule has 0 bridgehead atoms. The number of ether oxygens (including phenoxy) is 1. The first-order valence-corrected chi connectivity index (χ1v) is 9.59. The van der Waals surface area contributed by atoms with Gasteiger partial charge in [0.15, 0.2) is 5.11 Å². The average molecular weight is 410 g/mol. The fourth-order valence-corrected chi connectivity index (χ4v) is 2.99.